The Bertz CT molecular complexity index is 90.2. The largest absolute Gasteiger partial charge is 0.413 e. The predicted octanol–water partition coefficient (Wildman–Crippen LogP) is 2.38. The number of hydrogen-bond donors (Lipinski definition) is 1. The van der Waals surface area contributed by atoms with Gasteiger partial charge in [-0.15, -0.1) is 11.6 Å². The molecule has 0 saturated heterocycles. The molecule has 0 aromatic carbocycles. The fourth-order valence-electron chi connectivity index (χ4n) is 0.618. The number of alkyl halides is 1. The van der Waals surface area contributed by atoms with Crippen LogP contribution < -0.4 is 0 Å². The van der Waals surface area contributed by atoms with E-state index in [1.807, 2.05) is 0 Å². The molecule has 0 saturated carbocycles. The zero-order valence-electron chi connectivity index (χ0n) is 6.72. The molecule has 0 amide bonds. The van der Waals surface area contributed by atoms with Crippen LogP contribution in [-0.2, 0) is 4.43 Å². The van der Waals surface area contributed by atoms with Crippen molar-refractivity contribution in [3.8, 4) is 0 Å². The van der Waals surface area contributed by atoms with E-state index in [4.69, 9.17) is 16.0 Å². The molecule has 1 nitrogen and oxygen atoms in total. The molecule has 0 aromatic rings. The van der Waals surface area contributed by atoms with E-state index in [1.54, 1.807) is 0 Å². The summed E-state index contributed by atoms with van der Waals surface area (Å²) < 4.78 is 5.67. The smallest absolute Gasteiger partial charge is 0.184 e. The zero-order valence-corrected chi connectivity index (χ0v) is 9.38. The summed E-state index contributed by atoms with van der Waals surface area (Å²) >= 11 is 9.74. The van der Waals surface area contributed by atoms with Gasteiger partial charge in [-0.25, -0.2) is 0 Å². The normalized spacial score (nSPS) is 15.3. The van der Waals surface area contributed by atoms with Gasteiger partial charge in [0.2, 0.25) is 0 Å². The van der Waals surface area contributed by atoms with Crippen molar-refractivity contribution in [1.29, 1.82) is 0 Å². The topological polar surface area (TPSA) is 9.23 Å². The first-order valence-electron chi connectivity index (χ1n) is 3.34. The summed E-state index contributed by atoms with van der Waals surface area (Å²) in [5.74, 6) is 1.27. The van der Waals surface area contributed by atoms with Crippen molar-refractivity contribution in [2.75, 3.05) is 11.6 Å². The molecule has 0 aromatic heterocycles. The summed E-state index contributed by atoms with van der Waals surface area (Å²) in [4.78, 5) is 0. The quantitative estimate of drug-likeness (QED) is 0.415. The van der Waals surface area contributed by atoms with Gasteiger partial charge in [0.25, 0.3) is 0 Å². The number of thiol groups is 1. The molecule has 0 rings (SSSR count). The Balaban J connectivity index is 3.63. The molecular weight excluding hydrogens is 184 g/mol. The van der Waals surface area contributed by atoms with Crippen LogP contribution in [0.25, 0.3) is 0 Å². The van der Waals surface area contributed by atoms with Gasteiger partial charge >= 0.3 is 0 Å². The lowest BCUT2D eigenvalue weighted by molar-refractivity contribution is 0.243. The van der Waals surface area contributed by atoms with Crippen LogP contribution in [0.15, 0.2) is 0 Å². The van der Waals surface area contributed by atoms with E-state index in [1.165, 1.54) is 0 Å². The van der Waals surface area contributed by atoms with Crippen molar-refractivity contribution in [2.24, 2.45) is 0 Å². The van der Waals surface area contributed by atoms with Gasteiger partial charge in [-0.1, -0.05) is 0 Å². The summed E-state index contributed by atoms with van der Waals surface area (Å²) in [5.41, 5.74) is 0. The first kappa shape index (κ1) is 10.8. The first-order chi connectivity index (χ1) is 4.49. The van der Waals surface area contributed by atoms with Gasteiger partial charge in [0.1, 0.15) is 0 Å². The van der Waals surface area contributed by atoms with Crippen LogP contribution in [0, 0.1) is 0 Å². The molecule has 0 radical (unpaired) electrons. The fraction of sp³-hybridized carbons (Fsp3) is 1.00. The minimum atomic E-state index is -1.40. The average Bonchev–Trinajstić information content (AvgIpc) is 1.81. The van der Waals surface area contributed by atoms with E-state index in [2.05, 4.69) is 32.3 Å². The lowest BCUT2D eigenvalue weighted by Crippen LogP contribution is -2.33. The van der Waals surface area contributed by atoms with E-state index < -0.39 is 8.32 Å². The van der Waals surface area contributed by atoms with Gasteiger partial charge in [0.05, 0.1) is 6.10 Å². The van der Waals surface area contributed by atoms with Gasteiger partial charge < -0.3 is 4.43 Å². The minimum Gasteiger partial charge on any atom is -0.413 e. The molecule has 0 aliphatic heterocycles. The predicted molar refractivity (Wildman–Crippen MR) is 52.8 cm³/mol. The molecule has 0 N–H and O–H groups in total. The molecule has 62 valence electrons. The standard InChI is InChI=1S/C6H15ClOSSi/c1-10(2,3)8-6(4-7)5-9/h6,9H,4-5H2,1-3H3. The molecule has 0 fully saturated rings. The molecule has 0 aliphatic rings. The lowest BCUT2D eigenvalue weighted by atomic mass is 10.5. The Labute approximate surface area is 74.6 Å². The van der Waals surface area contributed by atoms with Gasteiger partial charge in [-0.2, -0.15) is 12.6 Å². The van der Waals surface area contributed by atoms with E-state index in [-0.39, 0.29) is 6.10 Å². The summed E-state index contributed by atoms with van der Waals surface area (Å²) in [5, 5.41) is 0. The lowest BCUT2D eigenvalue weighted by Gasteiger charge is -2.23. The van der Waals surface area contributed by atoms with E-state index in [0.717, 1.165) is 0 Å². The molecule has 1 atom stereocenters. The Kier molecular flexibility index (Phi) is 5.03. The number of rotatable bonds is 4. The minimum absolute atomic E-state index is 0.136. The maximum atomic E-state index is 5.67. The van der Waals surface area contributed by atoms with Gasteiger partial charge in [0.15, 0.2) is 8.32 Å². The summed E-state index contributed by atoms with van der Waals surface area (Å²) in [6.45, 7) is 6.45. The summed E-state index contributed by atoms with van der Waals surface area (Å²) in [6.07, 6.45) is 0.136. The SMILES string of the molecule is C[Si](C)(C)OC(CS)CCl. The molecule has 10 heavy (non-hydrogen) atoms. The Hall–Kier alpha value is 0.817. The monoisotopic (exact) mass is 198 g/mol. The molecular formula is C6H15ClOSSi. The van der Waals surface area contributed by atoms with E-state index >= 15 is 0 Å². The van der Waals surface area contributed by atoms with Crippen LogP contribution >= 0.6 is 24.2 Å². The second-order valence-electron chi connectivity index (χ2n) is 3.19. The first-order valence-corrected chi connectivity index (χ1v) is 7.92. The summed E-state index contributed by atoms with van der Waals surface area (Å²) in [6, 6.07) is 0. The van der Waals surface area contributed by atoms with Crippen molar-refractivity contribution in [3.05, 3.63) is 0 Å². The third-order valence-electron chi connectivity index (χ3n) is 0.896. The van der Waals surface area contributed by atoms with E-state index in [0.29, 0.717) is 11.6 Å². The van der Waals surface area contributed by atoms with Crippen molar-refractivity contribution in [1.82, 2.24) is 0 Å². The number of hydrogen-bond acceptors (Lipinski definition) is 2. The zero-order chi connectivity index (χ0) is 8.20. The molecule has 4 heteroatoms. The van der Waals surface area contributed by atoms with Crippen molar-refractivity contribution in [2.45, 2.75) is 25.7 Å². The fourth-order valence-corrected chi connectivity index (χ4v) is 2.56. The highest BCUT2D eigenvalue weighted by molar-refractivity contribution is 7.80. The number of halogens is 1. The molecule has 0 aliphatic carbocycles. The second kappa shape index (κ2) is 4.65. The third-order valence-corrected chi connectivity index (χ3v) is 2.69. The van der Waals surface area contributed by atoms with Crippen molar-refractivity contribution < 1.29 is 4.43 Å². The molecule has 0 spiro atoms. The van der Waals surface area contributed by atoms with Crippen LogP contribution in [0.3, 0.4) is 0 Å². The Morgan fingerprint density at radius 3 is 2.10 bits per heavy atom. The van der Waals surface area contributed by atoms with Gasteiger partial charge in [-0.3, -0.25) is 0 Å². The maximum Gasteiger partial charge on any atom is 0.184 e. The van der Waals surface area contributed by atoms with Gasteiger partial charge in [-0.05, 0) is 19.6 Å². The van der Waals surface area contributed by atoms with Gasteiger partial charge in [0, 0.05) is 11.6 Å². The van der Waals surface area contributed by atoms with Crippen LogP contribution in [0.1, 0.15) is 0 Å². The highest BCUT2D eigenvalue weighted by Gasteiger charge is 2.19. The summed E-state index contributed by atoms with van der Waals surface area (Å²) in [7, 11) is -1.40. The van der Waals surface area contributed by atoms with Crippen LogP contribution in [0.5, 0.6) is 0 Å². The van der Waals surface area contributed by atoms with Crippen LogP contribution in [-0.4, -0.2) is 26.1 Å². The Morgan fingerprint density at radius 1 is 1.50 bits per heavy atom. The molecule has 0 heterocycles. The highest BCUT2D eigenvalue weighted by Crippen LogP contribution is 2.09. The van der Waals surface area contributed by atoms with Crippen LogP contribution in [0.2, 0.25) is 19.6 Å². The highest BCUT2D eigenvalue weighted by atomic mass is 35.5. The average molecular weight is 199 g/mol. The maximum absolute atomic E-state index is 5.67. The van der Waals surface area contributed by atoms with Crippen molar-refractivity contribution in [3.63, 3.8) is 0 Å². The van der Waals surface area contributed by atoms with E-state index in [9.17, 15) is 0 Å². The Morgan fingerprint density at radius 2 is 2.00 bits per heavy atom. The molecule has 0 bridgehead atoms. The molecule has 1 unspecified atom stereocenters. The van der Waals surface area contributed by atoms with Crippen LogP contribution in [0.4, 0.5) is 0 Å². The second-order valence-corrected chi connectivity index (χ2v) is 8.32. The van der Waals surface area contributed by atoms with Crippen molar-refractivity contribution >= 4 is 32.5 Å². The third kappa shape index (κ3) is 5.59.